The molecule has 0 fully saturated rings. The zero-order chi connectivity index (χ0) is 23.1. The molecule has 0 saturated heterocycles. The summed E-state index contributed by atoms with van der Waals surface area (Å²) >= 11 is 0. The molecule has 0 aromatic heterocycles. The number of hydrogen-bond acceptors (Lipinski definition) is 6. The summed E-state index contributed by atoms with van der Waals surface area (Å²) in [4.78, 5) is 28.8. The Hall–Kier alpha value is -3.26. The number of ether oxygens (including phenoxy) is 3. The van der Waals surface area contributed by atoms with Gasteiger partial charge < -0.3 is 29.3 Å². The molecule has 1 aliphatic heterocycles. The number of methoxy groups -OCH3 is 2. The van der Waals surface area contributed by atoms with Crippen LogP contribution in [-0.4, -0.2) is 64.7 Å². The molecule has 2 aromatic carbocycles. The van der Waals surface area contributed by atoms with E-state index in [-0.39, 0.29) is 18.4 Å². The SMILES string of the molecule is COc1ccc(CCC(=O)Nc2ccc3c(c2)N(CCCN(C)C)C(=O)CO3)cc1OC. The van der Waals surface area contributed by atoms with Gasteiger partial charge in [0.15, 0.2) is 18.1 Å². The van der Waals surface area contributed by atoms with E-state index in [1.165, 1.54) is 0 Å². The van der Waals surface area contributed by atoms with E-state index in [2.05, 4.69) is 10.2 Å². The van der Waals surface area contributed by atoms with Gasteiger partial charge in [-0.15, -0.1) is 0 Å². The molecule has 1 heterocycles. The van der Waals surface area contributed by atoms with Gasteiger partial charge in [0.1, 0.15) is 5.75 Å². The molecule has 1 N–H and O–H groups in total. The average Bonchev–Trinajstić information content (AvgIpc) is 2.78. The molecule has 0 radical (unpaired) electrons. The van der Waals surface area contributed by atoms with Crippen LogP contribution in [0.25, 0.3) is 0 Å². The van der Waals surface area contributed by atoms with E-state index in [9.17, 15) is 9.59 Å². The van der Waals surface area contributed by atoms with Gasteiger partial charge in [-0.05, 0) is 69.4 Å². The molecule has 2 amide bonds. The molecule has 2 aromatic rings. The number of nitrogens with one attached hydrogen (secondary N) is 1. The van der Waals surface area contributed by atoms with Gasteiger partial charge in [-0.25, -0.2) is 0 Å². The van der Waals surface area contributed by atoms with Crippen molar-refractivity contribution >= 4 is 23.2 Å². The van der Waals surface area contributed by atoms with Crippen molar-refractivity contribution in [1.82, 2.24) is 4.90 Å². The second kappa shape index (κ2) is 10.9. The molecule has 32 heavy (non-hydrogen) atoms. The molecule has 0 aliphatic carbocycles. The van der Waals surface area contributed by atoms with Crippen molar-refractivity contribution in [1.29, 1.82) is 0 Å². The number of benzene rings is 2. The number of carbonyl (C=O) groups excluding carboxylic acids is 2. The van der Waals surface area contributed by atoms with Crippen LogP contribution in [0.15, 0.2) is 36.4 Å². The molecule has 1 aliphatic rings. The molecule has 0 saturated carbocycles. The molecule has 8 heteroatoms. The molecule has 172 valence electrons. The number of carbonyl (C=O) groups is 2. The molecule has 0 spiro atoms. The fraction of sp³-hybridized carbons (Fsp3) is 0.417. The van der Waals surface area contributed by atoms with E-state index in [4.69, 9.17) is 14.2 Å². The summed E-state index contributed by atoms with van der Waals surface area (Å²) < 4.78 is 16.1. The van der Waals surface area contributed by atoms with Crippen LogP contribution >= 0.6 is 0 Å². The van der Waals surface area contributed by atoms with Crippen LogP contribution in [0.3, 0.4) is 0 Å². The quantitative estimate of drug-likeness (QED) is 0.611. The Kier molecular flexibility index (Phi) is 7.94. The Balaban J connectivity index is 1.63. The van der Waals surface area contributed by atoms with Crippen LogP contribution in [0.4, 0.5) is 11.4 Å². The normalized spacial score (nSPS) is 12.9. The van der Waals surface area contributed by atoms with Crippen LogP contribution in [0.1, 0.15) is 18.4 Å². The number of amides is 2. The summed E-state index contributed by atoms with van der Waals surface area (Å²) in [6, 6.07) is 11.0. The zero-order valence-corrected chi connectivity index (χ0v) is 19.1. The van der Waals surface area contributed by atoms with E-state index in [1.807, 2.05) is 32.3 Å². The molecule has 0 unspecified atom stereocenters. The first kappa shape index (κ1) is 23.4. The maximum absolute atomic E-state index is 12.5. The number of nitrogens with zero attached hydrogens (tertiary/aromatic N) is 2. The summed E-state index contributed by atoms with van der Waals surface area (Å²) in [5, 5.41) is 2.93. The molecule has 3 rings (SSSR count). The maximum atomic E-state index is 12.5. The van der Waals surface area contributed by atoms with Crippen molar-refractivity contribution in [2.24, 2.45) is 0 Å². The standard InChI is InChI=1S/C24H31N3O5/c1-26(2)12-5-13-27-19-15-18(8-10-20(19)32-16-24(27)29)25-23(28)11-7-17-6-9-21(30-3)22(14-17)31-4/h6,8-10,14-15H,5,7,11-13,16H2,1-4H3,(H,25,28). The van der Waals surface area contributed by atoms with Crippen LogP contribution in [-0.2, 0) is 16.0 Å². The number of anilines is 2. The zero-order valence-electron chi connectivity index (χ0n) is 19.1. The van der Waals surface area contributed by atoms with E-state index in [1.54, 1.807) is 37.3 Å². The lowest BCUT2D eigenvalue weighted by atomic mass is 10.1. The Morgan fingerprint density at radius 3 is 2.62 bits per heavy atom. The van der Waals surface area contributed by atoms with Crippen molar-refractivity contribution in [3.63, 3.8) is 0 Å². The Labute approximate surface area is 189 Å². The van der Waals surface area contributed by atoms with E-state index >= 15 is 0 Å². The summed E-state index contributed by atoms with van der Waals surface area (Å²) in [5.41, 5.74) is 2.31. The highest BCUT2D eigenvalue weighted by Gasteiger charge is 2.25. The second-order valence-corrected chi connectivity index (χ2v) is 7.91. The van der Waals surface area contributed by atoms with Gasteiger partial charge in [-0.3, -0.25) is 9.59 Å². The largest absolute Gasteiger partial charge is 0.493 e. The monoisotopic (exact) mass is 441 g/mol. The number of fused-ring (bicyclic) bond motifs is 1. The Morgan fingerprint density at radius 2 is 1.91 bits per heavy atom. The minimum atomic E-state index is -0.109. The fourth-order valence-electron chi connectivity index (χ4n) is 3.59. The predicted molar refractivity (Wildman–Crippen MR) is 124 cm³/mol. The van der Waals surface area contributed by atoms with Gasteiger partial charge in [0.25, 0.3) is 5.91 Å². The van der Waals surface area contributed by atoms with Crippen LogP contribution in [0, 0.1) is 0 Å². The van der Waals surface area contributed by atoms with Crippen LogP contribution in [0.2, 0.25) is 0 Å². The van der Waals surface area contributed by atoms with Crippen molar-refractivity contribution < 1.29 is 23.8 Å². The lowest BCUT2D eigenvalue weighted by molar-refractivity contribution is -0.121. The first-order valence-electron chi connectivity index (χ1n) is 10.6. The highest BCUT2D eigenvalue weighted by molar-refractivity contribution is 5.99. The van der Waals surface area contributed by atoms with Crippen molar-refractivity contribution in [2.75, 3.05) is 58.2 Å². The first-order valence-corrected chi connectivity index (χ1v) is 10.6. The van der Waals surface area contributed by atoms with Crippen molar-refractivity contribution in [2.45, 2.75) is 19.3 Å². The van der Waals surface area contributed by atoms with Crippen LogP contribution in [0.5, 0.6) is 17.2 Å². The summed E-state index contributed by atoms with van der Waals surface area (Å²) in [6.07, 6.45) is 1.73. The summed E-state index contributed by atoms with van der Waals surface area (Å²) in [7, 11) is 7.18. The maximum Gasteiger partial charge on any atom is 0.265 e. The van der Waals surface area contributed by atoms with Gasteiger partial charge in [0, 0.05) is 18.7 Å². The number of rotatable bonds is 10. The average molecular weight is 442 g/mol. The highest BCUT2D eigenvalue weighted by atomic mass is 16.5. The van der Waals surface area contributed by atoms with Crippen molar-refractivity contribution in [3.8, 4) is 17.2 Å². The number of aryl methyl sites for hydroxylation is 1. The Morgan fingerprint density at radius 1 is 1.12 bits per heavy atom. The molecular formula is C24H31N3O5. The third-order valence-electron chi connectivity index (χ3n) is 5.26. The molecular weight excluding hydrogens is 410 g/mol. The Bertz CT molecular complexity index is 961. The summed E-state index contributed by atoms with van der Waals surface area (Å²) in [6.45, 7) is 1.52. The van der Waals surface area contributed by atoms with E-state index in [0.717, 1.165) is 18.5 Å². The van der Waals surface area contributed by atoms with Crippen LogP contribution < -0.4 is 24.4 Å². The minimum absolute atomic E-state index is 0.0337. The molecule has 0 bridgehead atoms. The third kappa shape index (κ3) is 5.91. The van der Waals surface area contributed by atoms with Gasteiger partial charge in [0.2, 0.25) is 5.91 Å². The highest BCUT2D eigenvalue weighted by Crippen LogP contribution is 2.35. The van der Waals surface area contributed by atoms with Crippen molar-refractivity contribution in [3.05, 3.63) is 42.0 Å². The molecule has 0 atom stereocenters. The first-order chi connectivity index (χ1) is 15.4. The van der Waals surface area contributed by atoms with Gasteiger partial charge in [-0.1, -0.05) is 6.07 Å². The minimum Gasteiger partial charge on any atom is -0.493 e. The van der Waals surface area contributed by atoms with Gasteiger partial charge in [0.05, 0.1) is 19.9 Å². The fourth-order valence-corrected chi connectivity index (χ4v) is 3.59. The van der Waals surface area contributed by atoms with Gasteiger partial charge >= 0.3 is 0 Å². The lowest BCUT2D eigenvalue weighted by Crippen LogP contribution is -2.40. The summed E-state index contributed by atoms with van der Waals surface area (Å²) in [5.74, 6) is 1.76. The smallest absolute Gasteiger partial charge is 0.265 e. The number of hydrogen-bond donors (Lipinski definition) is 1. The predicted octanol–water partition coefficient (Wildman–Crippen LogP) is 2.95. The van der Waals surface area contributed by atoms with Gasteiger partial charge in [-0.2, -0.15) is 0 Å². The van der Waals surface area contributed by atoms with E-state index in [0.29, 0.717) is 48.0 Å². The topological polar surface area (TPSA) is 80.3 Å². The second-order valence-electron chi connectivity index (χ2n) is 7.91. The lowest BCUT2D eigenvalue weighted by Gasteiger charge is -2.30. The van der Waals surface area contributed by atoms with E-state index < -0.39 is 0 Å². The third-order valence-corrected chi connectivity index (χ3v) is 5.26. The molecule has 8 nitrogen and oxygen atoms in total.